The number of carbonyl (C=O) groups is 1. The van der Waals surface area contributed by atoms with E-state index >= 15 is 0 Å². The van der Waals surface area contributed by atoms with E-state index in [0.29, 0.717) is 12.5 Å². The third-order valence-electron chi connectivity index (χ3n) is 4.63. The van der Waals surface area contributed by atoms with Crippen LogP contribution in [0.1, 0.15) is 27.4 Å². The Morgan fingerprint density at radius 1 is 1.00 bits per heavy atom. The summed E-state index contributed by atoms with van der Waals surface area (Å²) in [6, 6.07) is 18.6. The Balaban J connectivity index is 1.73. The molecule has 2 atom stereocenters. The molecule has 2 heterocycles. The number of hydrogen-bond acceptors (Lipinski definition) is 2. The smallest absolute Gasteiger partial charge is 0.254 e. The molecular weight excluding hydrogens is 260 g/mol. The van der Waals surface area contributed by atoms with Gasteiger partial charge in [-0.25, -0.2) is 0 Å². The van der Waals surface area contributed by atoms with Crippen molar-refractivity contribution >= 4 is 5.91 Å². The zero-order chi connectivity index (χ0) is 14.2. The maximum Gasteiger partial charge on any atom is 0.254 e. The summed E-state index contributed by atoms with van der Waals surface area (Å²) in [6.45, 7) is 2.54. The number of fused-ring (bicyclic) bond motifs is 3. The molecule has 0 bridgehead atoms. The van der Waals surface area contributed by atoms with Crippen LogP contribution in [0.25, 0.3) is 0 Å². The Bertz CT molecular complexity index is 668. The van der Waals surface area contributed by atoms with E-state index in [4.69, 9.17) is 0 Å². The maximum atomic E-state index is 12.9. The van der Waals surface area contributed by atoms with Gasteiger partial charge >= 0.3 is 0 Å². The van der Waals surface area contributed by atoms with Gasteiger partial charge in [-0.05, 0) is 17.2 Å². The Labute approximate surface area is 124 Å². The third kappa shape index (κ3) is 2.05. The Morgan fingerprint density at radius 3 is 2.62 bits per heavy atom. The van der Waals surface area contributed by atoms with E-state index in [0.717, 1.165) is 18.7 Å². The summed E-state index contributed by atoms with van der Waals surface area (Å²) in [5.41, 5.74) is 3.27. The molecule has 0 radical (unpaired) electrons. The molecule has 0 unspecified atom stereocenters. The van der Waals surface area contributed by atoms with E-state index in [9.17, 15) is 4.79 Å². The second kappa shape index (κ2) is 5.01. The van der Waals surface area contributed by atoms with E-state index in [-0.39, 0.29) is 11.9 Å². The molecule has 2 aliphatic rings. The molecule has 2 aliphatic heterocycles. The van der Waals surface area contributed by atoms with Crippen molar-refractivity contribution in [2.75, 3.05) is 13.1 Å². The second-order valence-electron chi connectivity index (χ2n) is 5.84. The number of hydrogen-bond donors (Lipinski definition) is 1. The predicted octanol–water partition coefficient (Wildman–Crippen LogP) is 2.40. The maximum absolute atomic E-state index is 12.9. The fraction of sp³-hybridized carbons (Fsp3) is 0.278. The van der Waals surface area contributed by atoms with Crippen molar-refractivity contribution in [2.24, 2.45) is 0 Å². The van der Waals surface area contributed by atoms with Gasteiger partial charge in [-0.1, -0.05) is 48.5 Å². The SMILES string of the molecule is O=C1c2ccccc2[C@H]2CNC[C@@H]2N1Cc1ccccc1. The van der Waals surface area contributed by atoms with Crippen LogP contribution in [0.4, 0.5) is 0 Å². The van der Waals surface area contributed by atoms with Crippen LogP contribution in [0.2, 0.25) is 0 Å². The lowest BCUT2D eigenvalue weighted by atomic mass is 9.85. The minimum atomic E-state index is 0.166. The zero-order valence-electron chi connectivity index (χ0n) is 11.8. The summed E-state index contributed by atoms with van der Waals surface area (Å²) in [6.07, 6.45) is 0. The van der Waals surface area contributed by atoms with Gasteiger partial charge < -0.3 is 10.2 Å². The first kappa shape index (κ1) is 12.6. The van der Waals surface area contributed by atoms with E-state index < -0.39 is 0 Å². The molecule has 1 amide bonds. The lowest BCUT2D eigenvalue weighted by Gasteiger charge is -2.38. The zero-order valence-corrected chi connectivity index (χ0v) is 11.8. The lowest BCUT2D eigenvalue weighted by Crippen LogP contribution is -2.47. The summed E-state index contributed by atoms with van der Waals surface area (Å²) >= 11 is 0. The average Bonchev–Trinajstić information content (AvgIpc) is 3.02. The molecular formula is C18H18N2O. The molecule has 3 heteroatoms. The molecule has 106 valence electrons. The summed E-state index contributed by atoms with van der Waals surface area (Å²) in [5, 5.41) is 3.45. The second-order valence-corrected chi connectivity index (χ2v) is 5.84. The van der Waals surface area contributed by atoms with Crippen LogP contribution in [0.3, 0.4) is 0 Å². The van der Waals surface area contributed by atoms with E-state index in [1.807, 2.05) is 41.3 Å². The van der Waals surface area contributed by atoms with E-state index in [2.05, 4.69) is 23.5 Å². The molecule has 21 heavy (non-hydrogen) atoms. The van der Waals surface area contributed by atoms with E-state index in [1.165, 1.54) is 11.1 Å². The van der Waals surface area contributed by atoms with Crippen molar-refractivity contribution in [3.05, 3.63) is 71.3 Å². The van der Waals surface area contributed by atoms with Crippen molar-refractivity contribution in [2.45, 2.75) is 18.5 Å². The Hall–Kier alpha value is -2.13. The van der Waals surface area contributed by atoms with Crippen LogP contribution >= 0.6 is 0 Å². The number of carbonyl (C=O) groups excluding carboxylic acids is 1. The van der Waals surface area contributed by atoms with Gasteiger partial charge in [-0.2, -0.15) is 0 Å². The van der Waals surface area contributed by atoms with Crippen molar-refractivity contribution in [1.82, 2.24) is 10.2 Å². The summed E-state index contributed by atoms with van der Waals surface area (Å²) in [4.78, 5) is 14.9. The van der Waals surface area contributed by atoms with Gasteiger partial charge in [0.25, 0.3) is 5.91 Å². The number of nitrogens with one attached hydrogen (secondary N) is 1. The van der Waals surface area contributed by atoms with Gasteiger partial charge in [0.1, 0.15) is 0 Å². The fourth-order valence-electron chi connectivity index (χ4n) is 3.60. The van der Waals surface area contributed by atoms with Crippen LogP contribution in [-0.2, 0) is 6.54 Å². The molecule has 0 saturated carbocycles. The van der Waals surface area contributed by atoms with Crippen molar-refractivity contribution < 1.29 is 4.79 Å². The van der Waals surface area contributed by atoms with Crippen molar-refractivity contribution in [3.8, 4) is 0 Å². The average molecular weight is 278 g/mol. The first-order valence-electron chi connectivity index (χ1n) is 7.49. The minimum absolute atomic E-state index is 0.166. The van der Waals surface area contributed by atoms with Crippen molar-refractivity contribution in [1.29, 1.82) is 0 Å². The molecule has 1 N–H and O–H groups in total. The van der Waals surface area contributed by atoms with Gasteiger partial charge in [0.2, 0.25) is 0 Å². The summed E-state index contributed by atoms with van der Waals surface area (Å²) in [7, 11) is 0. The van der Waals surface area contributed by atoms with Gasteiger partial charge in [-0.15, -0.1) is 0 Å². The number of nitrogens with zero attached hydrogens (tertiary/aromatic N) is 1. The van der Waals surface area contributed by atoms with Crippen LogP contribution < -0.4 is 5.32 Å². The largest absolute Gasteiger partial charge is 0.329 e. The standard InChI is InChI=1S/C18H18N2O/c21-18-15-9-5-4-8-14(15)16-10-19-11-17(16)20(18)12-13-6-2-1-3-7-13/h1-9,16-17,19H,10-12H2/t16-,17+/m1/s1. The van der Waals surface area contributed by atoms with Crippen LogP contribution in [0.15, 0.2) is 54.6 Å². The van der Waals surface area contributed by atoms with E-state index in [1.54, 1.807) is 0 Å². The fourth-order valence-corrected chi connectivity index (χ4v) is 3.60. The highest BCUT2D eigenvalue weighted by atomic mass is 16.2. The molecule has 4 rings (SSSR count). The monoisotopic (exact) mass is 278 g/mol. The number of rotatable bonds is 2. The quantitative estimate of drug-likeness (QED) is 0.915. The highest BCUT2D eigenvalue weighted by molar-refractivity contribution is 5.97. The van der Waals surface area contributed by atoms with Crippen LogP contribution in [-0.4, -0.2) is 29.9 Å². The topological polar surface area (TPSA) is 32.3 Å². The molecule has 2 aromatic carbocycles. The van der Waals surface area contributed by atoms with Gasteiger partial charge in [-0.3, -0.25) is 4.79 Å². The highest BCUT2D eigenvalue weighted by Gasteiger charge is 2.41. The lowest BCUT2D eigenvalue weighted by molar-refractivity contribution is 0.0630. The normalized spacial score (nSPS) is 23.8. The third-order valence-corrected chi connectivity index (χ3v) is 4.63. The summed E-state index contributed by atoms with van der Waals surface area (Å²) in [5.74, 6) is 0.585. The van der Waals surface area contributed by atoms with Crippen LogP contribution in [0.5, 0.6) is 0 Å². The highest BCUT2D eigenvalue weighted by Crippen LogP contribution is 2.36. The summed E-state index contributed by atoms with van der Waals surface area (Å²) < 4.78 is 0. The molecule has 0 aliphatic carbocycles. The predicted molar refractivity (Wildman–Crippen MR) is 82.2 cm³/mol. The van der Waals surface area contributed by atoms with Gasteiger partial charge in [0.05, 0.1) is 6.04 Å². The molecule has 0 aromatic heterocycles. The molecule has 2 aromatic rings. The number of amides is 1. The van der Waals surface area contributed by atoms with Crippen LogP contribution in [0, 0.1) is 0 Å². The van der Waals surface area contributed by atoms with Gasteiger partial charge in [0, 0.05) is 31.1 Å². The Morgan fingerprint density at radius 2 is 1.76 bits per heavy atom. The molecule has 3 nitrogen and oxygen atoms in total. The first-order valence-corrected chi connectivity index (χ1v) is 7.49. The number of benzene rings is 2. The molecule has 1 saturated heterocycles. The minimum Gasteiger partial charge on any atom is -0.329 e. The first-order chi connectivity index (χ1) is 10.3. The van der Waals surface area contributed by atoms with Gasteiger partial charge in [0.15, 0.2) is 0 Å². The molecule has 0 spiro atoms. The molecule has 1 fully saturated rings. The van der Waals surface area contributed by atoms with Crippen molar-refractivity contribution in [3.63, 3.8) is 0 Å². The Kier molecular flexibility index (Phi) is 3.00.